The van der Waals surface area contributed by atoms with E-state index in [-0.39, 0.29) is 17.1 Å². The summed E-state index contributed by atoms with van der Waals surface area (Å²) in [6.45, 7) is 0. The SMILES string of the molecule is C=S(=O)(NC(=O)c1cnc(N)c(C#Cc2cccc(O)c2)c1)c1ccccc1. The molecule has 1 heterocycles. The maximum Gasteiger partial charge on any atom is 0.264 e. The first-order valence-electron chi connectivity index (χ1n) is 8.16. The second kappa shape index (κ2) is 7.86. The lowest BCUT2D eigenvalue weighted by Crippen LogP contribution is -2.30. The van der Waals surface area contributed by atoms with Crippen molar-refractivity contribution in [2.45, 2.75) is 4.90 Å². The number of carbonyl (C=O) groups is 1. The first-order chi connectivity index (χ1) is 13.3. The second-order valence-electron chi connectivity index (χ2n) is 5.88. The van der Waals surface area contributed by atoms with E-state index < -0.39 is 15.6 Å². The lowest BCUT2D eigenvalue weighted by atomic mass is 10.1. The summed E-state index contributed by atoms with van der Waals surface area (Å²) in [4.78, 5) is 16.9. The van der Waals surface area contributed by atoms with Crippen molar-refractivity contribution in [3.8, 4) is 17.6 Å². The number of nitrogens with two attached hydrogens (primary N) is 1. The van der Waals surface area contributed by atoms with Crippen molar-refractivity contribution in [3.63, 3.8) is 0 Å². The van der Waals surface area contributed by atoms with Crippen LogP contribution in [0.15, 0.2) is 71.8 Å². The molecule has 0 aliphatic carbocycles. The molecule has 0 bridgehead atoms. The summed E-state index contributed by atoms with van der Waals surface area (Å²) in [5.74, 6) is 8.96. The number of nitrogens with one attached hydrogen (secondary N) is 1. The van der Waals surface area contributed by atoms with Gasteiger partial charge >= 0.3 is 0 Å². The van der Waals surface area contributed by atoms with Crippen LogP contribution in [-0.4, -0.2) is 26.1 Å². The minimum absolute atomic E-state index is 0.0946. The Kier molecular flexibility index (Phi) is 5.34. The van der Waals surface area contributed by atoms with Gasteiger partial charge in [-0.15, -0.1) is 0 Å². The number of benzene rings is 2. The summed E-state index contributed by atoms with van der Waals surface area (Å²) in [6, 6.07) is 16.4. The number of aromatic nitrogens is 1. The van der Waals surface area contributed by atoms with Gasteiger partial charge in [0.2, 0.25) is 0 Å². The smallest absolute Gasteiger partial charge is 0.264 e. The lowest BCUT2D eigenvalue weighted by Gasteiger charge is -2.11. The highest BCUT2D eigenvalue weighted by atomic mass is 32.2. The van der Waals surface area contributed by atoms with Gasteiger partial charge < -0.3 is 10.8 Å². The summed E-state index contributed by atoms with van der Waals surface area (Å²) in [5.41, 5.74) is 6.91. The molecule has 3 aromatic rings. The average molecular weight is 391 g/mol. The fourth-order valence-electron chi connectivity index (χ4n) is 2.33. The van der Waals surface area contributed by atoms with E-state index in [1.807, 2.05) is 0 Å². The Morgan fingerprint density at radius 2 is 1.86 bits per heavy atom. The number of rotatable bonds is 3. The number of anilines is 1. The number of carbonyl (C=O) groups excluding carboxylic acids is 1. The van der Waals surface area contributed by atoms with E-state index in [1.165, 1.54) is 24.4 Å². The van der Waals surface area contributed by atoms with Gasteiger partial charge in [0.1, 0.15) is 11.6 Å². The molecule has 0 saturated carbocycles. The van der Waals surface area contributed by atoms with Crippen LogP contribution in [0.3, 0.4) is 0 Å². The Bertz CT molecular complexity index is 1190. The molecule has 1 amide bonds. The Balaban J connectivity index is 1.86. The van der Waals surface area contributed by atoms with Crippen molar-refractivity contribution in [1.82, 2.24) is 9.71 Å². The molecule has 28 heavy (non-hydrogen) atoms. The van der Waals surface area contributed by atoms with Crippen LogP contribution in [0, 0.1) is 11.8 Å². The standard InChI is InChI=1S/C21H17N3O3S/c1-28(27,19-8-3-2-4-9-19)24-21(26)17-13-16(20(22)23-14-17)11-10-15-6-5-7-18(25)12-15/h2-9,12-14,25H,1H2,(H2,22,23)(H,24,26,27). The molecule has 3 rings (SSSR count). The van der Waals surface area contributed by atoms with Gasteiger partial charge in [0.05, 0.1) is 20.8 Å². The van der Waals surface area contributed by atoms with Gasteiger partial charge in [0.15, 0.2) is 0 Å². The van der Waals surface area contributed by atoms with Crippen LogP contribution >= 0.6 is 0 Å². The third-order valence-electron chi connectivity index (χ3n) is 3.75. The molecule has 0 fully saturated rings. The van der Waals surface area contributed by atoms with Crippen LogP contribution in [0.2, 0.25) is 0 Å². The van der Waals surface area contributed by atoms with E-state index in [9.17, 15) is 14.1 Å². The number of aromatic hydroxyl groups is 1. The van der Waals surface area contributed by atoms with Gasteiger partial charge in [0, 0.05) is 16.7 Å². The van der Waals surface area contributed by atoms with Gasteiger partial charge in [-0.3, -0.25) is 9.52 Å². The first-order valence-corrected chi connectivity index (χ1v) is 9.89. The van der Waals surface area contributed by atoms with Gasteiger partial charge in [0.25, 0.3) is 5.91 Å². The number of pyridine rings is 1. The molecule has 6 nitrogen and oxygen atoms in total. The van der Waals surface area contributed by atoms with Crippen molar-refractivity contribution >= 4 is 27.3 Å². The highest BCUT2D eigenvalue weighted by Gasteiger charge is 2.14. The Morgan fingerprint density at radius 1 is 1.11 bits per heavy atom. The molecule has 140 valence electrons. The van der Waals surface area contributed by atoms with E-state index in [0.717, 1.165) is 0 Å². The molecular weight excluding hydrogens is 374 g/mol. The van der Waals surface area contributed by atoms with Crippen LogP contribution < -0.4 is 10.5 Å². The molecule has 1 aromatic heterocycles. The lowest BCUT2D eigenvalue weighted by molar-refractivity contribution is 0.0982. The Hall–Kier alpha value is -3.76. The van der Waals surface area contributed by atoms with E-state index >= 15 is 0 Å². The van der Waals surface area contributed by atoms with Crippen LogP contribution in [0.4, 0.5) is 5.82 Å². The molecule has 4 N–H and O–H groups in total. The maximum absolute atomic E-state index is 12.7. The third-order valence-corrected chi connectivity index (χ3v) is 5.30. The number of hydrogen-bond acceptors (Lipinski definition) is 5. The van der Waals surface area contributed by atoms with Gasteiger partial charge in [-0.25, -0.2) is 9.19 Å². The van der Waals surface area contributed by atoms with E-state index in [1.54, 1.807) is 42.5 Å². The largest absolute Gasteiger partial charge is 0.508 e. The van der Waals surface area contributed by atoms with Crippen molar-refractivity contribution in [2.24, 2.45) is 0 Å². The number of phenols is 1. The summed E-state index contributed by atoms with van der Waals surface area (Å²) < 4.78 is 15.2. The molecule has 0 spiro atoms. The number of hydrogen-bond donors (Lipinski definition) is 3. The average Bonchev–Trinajstić information content (AvgIpc) is 2.68. The molecule has 0 aliphatic rings. The van der Waals surface area contributed by atoms with Crippen LogP contribution in [0.1, 0.15) is 21.5 Å². The number of amides is 1. The van der Waals surface area contributed by atoms with Crippen molar-refractivity contribution in [2.75, 3.05) is 5.73 Å². The van der Waals surface area contributed by atoms with Crippen molar-refractivity contribution in [3.05, 3.63) is 83.6 Å². The minimum Gasteiger partial charge on any atom is -0.508 e. The molecule has 0 aliphatic heterocycles. The minimum atomic E-state index is -3.01. The second-order valence-corrected chi connectivity index (χ2v) is 7.90. The first kappa shape index (κ1) is 19.0. The molecular formula is C21H17N3O3S. The molecule has 1 atom stereocenters. The molecule has 7 heteroatoms. The Morgan fingerprint density at radius 3 is 2.57 bits per heavy atom. The fourth-order valence-corrected chi connectivity index (χ4v) is 3.46. The number of phenolic OH excluding ortho intramolecular Hbond substituents is 1. The predicted molar refractivity (Wildman–Crippen MR) is 110 cm³/mol. The van der Waals surface area contributed by atoms with Crippen LogP contribution in [0.25, 0.3) is 0 Å². The van der Waals surface area contributed by atoms with Crippen LogP contribution in [-0.2, 0) is 9.71 Å². The van der Waals surface area contributed by atoms with Crippen molar-refractivity contribution < 1.29 is 14.1 Å². The highest BCUT2D eigenvalue weighted by molar-refractivity contribution is 7.99. The maximum atomic E-state index is 12.7. The van der Waals surface area contributed by atoms with E-state index in [4.69, 9.17) is 5.73 Å². The highest BCUT2D eigenvalue weighted by Crippen LogP contribution is 2.14. The fraction of sp³-hybridized carbons (Fsp3) is 0. The summed E-state index contributed by atoms with van der Waals surface area (Å²) in [6.07, 6.45) is 1.28. The normalized spacial score (nSPS) is 12.3. The summed E-state index contributed by atoms with van der Waals surface area (Å²) >= 11 is 0. The zero-order valence-corrected chi connectivity index (χ0v) is 15.6. The van der Waals surface area contributed by atoms with E-state index in [2.05, 4.69) is 27.4 Å². The Labute approximate surface area is 163 Å². The number of nitrogens with zero attached hydrogens (tertiary/aromatic N) is 1. The van der Waals surface area contributed by atoms with Crippen LogP contribution in [0.5, 0.6) is 5.75 Å². The summed E-state index contributed by atoms with van der Waals surface area (Å²) in [7, 11) is -3.01. The molecule has 2 aromatic carbocycles. The monoisotopic (exact) mass is 391 g/mol. The number of nitrogen functional groups attached to an aromatic ring is 1. The van der Waals surface area contributed by atoms with Gasteiger partial charge in [-0.05, 0) is 42.3 Å². The third kappa shape index (κ3) is 4.50. The summed E-state index contributed by atoms with van der Waals surface area (Å²) in [5, 5.41) is 9.49. The van der Waals surface area contributed by atoms with Crippen molar-refractivity contribution in [1.29, 1.82) is 0 Å². The topological polar surface area (TPSA) is 105 Å². The predicted octanol–water partition coefficient (Wildman–Crippen LogP) is 2.19. The molecule has 1 unspecified atom stereocenters. The van der Waals surface area contributed by atoms with Gasteiger partial charge in [-0.2, -0.15) is 0 Å². The molecule has 0 saturated heterocycles. The molecule has 0 radical (unpaired) electrons. The zero-order chi connectivity index (χ0) is 20.1. The van der Waals surface area contributed by atoms with E-state index in [0.29, 0.717) is 16.0 Å². The van der Waals surface area contributed by atoms with Gasteiger partial charge in [-0.1, -0.05) is 36.1 Å². The zero-order valence-electron chi connectivity index (χ0n) is 14.8. The quantitative estimate of drug-likeness (QED) is 0.469.